The van der Waals surface area contributed by atoms with Crippen LogP contribution in [-0.2, 0) is 0 Å². The lowest BCUT2D eigenvalue weighted by atomic mass is 10.2. The van der Waals surface area contributed by atoms with Crippen LogP contribution in [0.1, 0.15) is 19.5 Å². The van der Waals surface area contributed by atoms with Crippen molar-refractivity contribution in [3.63, 3.8) is 0 Å². The first-order valence-electron chi connectivity index (χ1n) is 6.56. The summed E-state index contributed by atoms with van der Waals surface area (Å²) in [5, 5.41) is 0. The van der Waals surface area contributed by atoms with Crippen molar-refractivity contribution >= 4 is 23.0 Å². The molecule has 5 heteroatoms. The smallest absolute Gasteiger partial charge is 0.129 e. The Balaban J connectivity index is 2.89. The zero-order valence-electron chi connectivity index (χ0n) is 12.3. The minimum atomic E-state index is 0.346. The fraction of sp³-hybridized carbons (Fsp3) is 0.571. The van der Waals surface area contributed by atoms with Gasteiger partial charge >= 0.3 is 0 Å². The van der Waals surface area contributed by atoms with Gasteiger partial charge in [0.1, 0.15) is 10.8 Å². The zero-order valence-corrected chi connectivity index (χ0v) is 13.1. The van der Waals surface area contributed by atoms with E-state index in [-0.39, 0.29) is 0 Å². The molecule has 0 aliphatic heterocycles. The number of anilines is 1. The number of nitrogens with two attached hydrogens (primary N) is 1. The molecule has 0 atom stereocenters. The first-order chi connectivity index (χ1) is 8.90. The van der Waals surface area contributed by atoms with Crippen LogP contribution in [0.5, 0.6) is 0 Å². The number of hydrogen-bond donors (Lipinski definition) is 1. The van der Waals surface area contributed by atoms with Gasteiger partial charge in [-0.2, -0.15) is 0 Å². The standard InChI is InChI=1S/C14H24N4S/c1-11(2)10-18(9-8-17(3)4)13-7-5-6-12(16-13)14(15)19/h5-7,11H,8-10H2,1-4H3,(H2,15,19). The predicted molar refractivity (Wildman–Crippen MR) is 85.7 cm³/mol. The van der Waals surface area contributed by atoms with Gasteiger partial charge in [0.25, 0.3) is 0 Å². The van der Waals surface area contributed by atoms with Crippen LogP contribution in [0.25, 0.3) is 0 Å². The number of thiocarbonyl (C=S) groups is 1. The molecule has 1 rings (SSSR count). The van der Waals surface area contributed by atoms with Crippen LogP contribution < -0.4 is 10.6 Å². The van der Waals surface area contributed by atoms with E-state index in [0.717, 1.165) is 25.5 Å². The molecular weight excluding hydrogens is 256 g/mol. The normalized spacial score (nSPS) is 11.1. The third-order valence-electron chi connectivity index (χ3n) is 2.71. The van der Waals surface area contributed by atoms with Crippen molar-refractivity contribution in [2.24, 2.45) is 11.7 Å². The highest BCUT2D eigenvalue weighted by molar-refractivity contribution is 7.80. The average molecular weight is 280 g/mol. The Labute approximate surface area is 121 Å². The molecule has 2 N–H and O–H groups in total. The van der Waals surface area contributed by atoms with E-state index in [0.29, 0.717) is 16.6 Å². The molecule has 0 aromatic carbocycles. The largest absolute Gasteiger partial charge is 0.388 e. The van der Waals surface area contributed by atoms with Gasteiger partial charge in [-0.05, 0) is 32.1 Å². The summed E-state index contributed by atoms with van der Waals surface area (Å²) >= 11 is 4.99. The topological polar surface area (TPSA) is 45.4 Å². The van der Waals surface area contributed by atoms with Gasteiger partial charge in [0.15, 0.2) is 0 Å². The third kappa shape index (κ3) is 5.53. The quantitative estimate of drug-likeness (QED) is 0.771. The van der Waals surface area contributed by atoms with Crippen LogP contribution in [0.3, 0.4) is 0 Å². The first kappa shape index (κ1) is 15.9. The Morgan fingerprint density at radius 3 is 2.53 bits per heavy atom. The molecular formula is C14H24N4S. The number of rotatable bonds is 7. The number of nitrogens with zero attached hydrogens (tertiary/aromatic N) is 3. The van der Waals surface area contributed by atoms with Crippen LogP contribution in [-0.4, -0.2) is 48.6 Å². The van der Waals surface area contributed by atoms with Gasteiger partial charge in [0, 0.05) is 19.6 Å². The fourth-order valence-corrected chi connectivity index (χ4v) is 1.91. The van der Waals surface area contributed by atoms with E-state index in [9.17, 15) is 0 Å². The van der Waals surface area contributed by atoms with Crippen LogP contribution in [0.4, 0.5) is 5.82 Å². The van der Waals surface area contributed by atoms with E-state index in [4.69, 9.17) is 18.0 Å². The second kappa shape index (κ2) is 7.40. The summed E-state index contributed by atoms with van der Waals surface area (Å²) in [5.74, 6) is 1.53. The van der Waals surface area contributed by atoms with Gasteiger partial charge in [-0.25, -0.2) is 4.98 Å². The minimum absolute atomic E-state index is 0.346. The van der Waals surface area contributed by atoms with E-state index in [1.807, 2.05) is 18.2 Å². The molecule has 0 aliphatic carbocycles. The van der Waals surface area contributed by atoms with Gasteiger partial charge in [0.2, 0.25) is 0 Å². The lowest BCUT2D eigenvalue weighted by molar-refractivity contribution is 0.408. The van der Waals surface area contributed by atoms with Crippen molar-refractivity contribution < 1.29 is 0 Å². The van der Waals surface area contributed by atoms with Gasteiger partial charge in [-0.1, -0.05) is 32.1 Å². The lowest BCUT2D eigenvalue weighted by Gasteiger charge is -2.27. The van der Waals surface area contributed by atoms with Crippen LogP contribution in [0.2, 0.25) is 0 Å². The summed E-state index contributed by atoms with van der Waals surface area (Å²) in [6.45, 7) is 7.33. The number of likely N-dealkylation sites (N-methyl/N-ethyl adjacent to an activating group) is 1. The fourth-order valence-electron chi connectivity index (χ4n) is 1.80. The SMILES string of the molecule is CC(C)CN(CCN(C)C)c1cccc(C(N)=S)n1. The molecule has 1 aromatic heterocycles. The molecule has 0 amide bonds. The first-order valence-corrected chi connectivity index (χ1v) is 6.97. The average Bonchev–Trinajstić information content (AvgIpc) is 2.34. The Morgan fingerprint density at radius 1 is 1.32 bits per heavy atom. The molecule has 0 fully saturated rings. The highest BCUT2D eigenvalue weighted by Crippen LogP contribution is 2.13. The van der Waals surface area contributed by atoms with Crippen molar-refractivity contribution in [2.75, 3.05) is 38.6 Å². The second-order valence-corrected chi connectivity index (χ2v) is 5.83. The lowest BCUT2D eigenvalue weighted by Crippen LogP contribution is -2.35. The summed E-state index contributed by atoms with van der Waals surface area (Å²) in [6.07, 6.45) is 0. The molecule has 0 radical (unpaired) electrons. The maximum absolute atomic E-state index is 5.65. The molecule has 19 heavy (non-hydrogen) atoms. The van der Waals surface area contributed by atoms with Crippen molar-refractivity contribution in [3.05, 3.63) is 23.9 Å². The van der Waals surface area contributed by atoms with Gasteiger partial charge in [-0.15, -0.1) is 0 Å². The molecule has 0 saturated heterocycles. The van der Waals surface area contributed by atoms with E-state index in [2.05, 4.69) is 42.7 Å². The Hall–Kier alpha value is -1.20. The number of hydrogen-bond acceptors (Lipinski definition) is 4. The molecule has 0 unspecified atom stereocenters. The monoisotopic (exact) mass is 280 g/mol. The Morgan fingerprint density at radius 2 is 2.00 bits per heavy atom. The highest BCUT2D eigenvalue weighted by atomic mass is 32.1. The molecule has 0 aliphatic rings. The van der Waals surface area contributed by atoms with E-state index in [1.165, 1.54) is 0 Å². The van der Waals surface area contributed by atoms with E-state index in [1.54, 1.807) is 0 Å². The molecule has 106 valence electrons. The molecule has 1 heterocycles. The summed E-state index contributed by atoms with van der Waals surface area (Å²) < 4.78 is 0. The van der Waals surface area contributed by atoms with Crippen molar-refractivity contribution in [3.8, 4) is 0 Å². The molecule has 4 nitrogen and oxygen atoms in total. The van der Waals surface area contributed by atoms with Gasteiger partial charge in [0.05, 0.1) is 5.69 Å². The van der Waals surface area contributed by atoms with Crippen molar-refractivity contribution in [2.45, 2.75) is 13.8 Å². The number of aromatic nitrogens is 1. The second-order valence-electron chi connectivity index (χ2n) is 5.39. The highest BCUT2D eigenvalue weighted by Gasteiger charge is 2.11. The molecule has 1 aromatic rings. The van der Waals surface area contributed by atoms with Crippen molar-refractivity contribution in [1.29, 1.82) is 0 Å². The summed E-state index contributed by atoms with van der Waals surface area (Å²) in [6, 6.07) is 5.82. The maximum atomic E-state index is 5.65. The Bertz CT molecular complexity index is 418. The summed E-state index contributed by atoms with van der Waals surface area (Å²) in [7, 11) is 4.15. The third-order valence-corrected chi connectivity index (χ3v) is 2.92. The van der Waals surface area contributed by atoms with Gasteiger partial charge < -0.3 is 15.5 Å². The van der Waals surface area contributed by atoms with Crippen LogP contribution in [0, 0.1) is 5.92 Å². The molecule has 0 bridgehead atoms. The summed E-state index contributed by atoms with van der Waals surface area (Å²) in [5.41, 5.74) is 6.33. The van der Waals surface area contributed by atoms with E-state index < -0.39 is 0 Å². The minimum Gasteiger partial charge on any atom is -0.388 e. The Kier molecular flexibility index (Phi) is 6.18. The van der Waals surface area contributed by atoms with Crippen molar-refractivity contribution in [1.82, 2.24) is 9.88 Å². The van der Waals surface area contributed by atoms with Crippen LogP contribution >= 0.6 is 12.2 Å². The van der Waals surface area contributed by atoms with E-state index >= 15 is 0 Å². The molecule has 0 saturated carbocycles. The number of pyridine rings is 1. The predicted octanol–water partition coefficient (Wildman–Crippen LogP) is 1.74. The van der Waals surface area contributed by atoms with Gasteiger partial charge in [-0.3, -0.25) is 0 Å². The maximum Gasteiger partial charge on any atom is 0.129 e. The molecule has 0 spiro atoms. The van der Waals surface area contributed by atoms with Crippen LogP contribution in [0.15, 0.2) is 18.2 Å². The zero-order chi connectivity index (χ0) is 14.4. The summed E-state index contributed by atoms with van der Waals surface area (Å²) in [4.78, 5) is 9.35.